The molecule has 0 amide bonds. The fourth-order valence-electron chi connectivity index (χ4n) is 1.44. The Balaban J connectivity index is 2.11. The van der Waals surface area contributed by atoms with E-state index in [4.69, 9.17) is 27.9 Å². The lowest BCUT2D eigenvalue weighted by Gasteiger charge is -2.09. The molecule has 0 aliphatic rings. The molecule has 0 saturated carbocycles. The third kappa shape index (κ3) is 3.37. The van der Waals surface area contributed by atoms with Gasteiger partial charge in [-0.1, -0.05) is 23.2 Å². The molecule has 2 rings (SSSR count). The maximum Gasteiger partial charge on any atom is 0.121 e. The molecule has 2 nitrogen and oxygen atoms in total. The molecule has 1 aromatic heterocycles. The first kappa shape index (κ1) is 13.7. The van der Waals surface area contributed by atoms with Crippen LogP contribution < -0.4 is 4.74 Å². The second-order valence-electron chi connectivity index (χ2n) is 3.78. The zero-order valence-corrected chi connectivity index (χ0v) is 12.7. The number of hydrogen-bond donors (Lipinski definition) is 0. The Morgan fingerprint density at radius 2 is 2.00 bits per heavy atom. The lowest BCUT2D eigenvalue weighted by molar-refractivity contribution is 0.305. The van der Waals surface area contributed by atoms with Crippen molar-refractivity contribution in [2.24, 2.45) is 0 Å². The molecule has 1 heterocycles. The maximum atomic E-state index is 5.92. The van der Waals surface area contributed by atoms with Crippen molar-refractivity contribution in [1.82, 2.24) is 4.98 Å². The summed E-state index contributed by atoms with van der Waals surface area (Å²) in [4.78, 5) is 4.18. The minimum atomic E-state index is 0.446. The number of ether oxygens (including phenoxy) is 1. The Morgan fingerprint density at radius 3 is 2.72 bits per heavy atom. The van der Waals surface area contributed by atoms with E-state index in [1.54, 1.807) is 24.4 Å². The minimum absolute atomic E-state index is 0.446. The molecule has 0 radical (unpaired) electrons. The predicted molar refractivity (Wildman–Crippen MR) is 77.5 cm³/mol. The smallest absolute Gasteiger partial charge is 0.121 e. The van der Waals surface area contributed by atoms with Gasteiger partial charge in [-0.2, -0.15) is 0 Å². The molecule has 1 aromatic carbocycles. The molecule has 5 heteroatoms. The molecule has 0 saturated heterocycles. The molecular formula is C13H10BrCl2NO. The first-order valence-electron chi connectivity index (χ1n) is 5.25. The molecule has 0 spiro atoms. The van der Waals surface area contributed by atoms with Gasteiger partial charge in [0.25, 0.3) is 0 Å². The minimum Gasteiger partial charge on any atom is -0.489 e. The molecule has 18 heavy (non-hydrogen) atoms. The Kier molecular flexibility index (Phi) is 4.49. The van der Waals surface area contributed by atoms with Crippen molar-refractivity contribution in [3.8, 4) is 5.75 Å². The first-order valence-corrected chi connectivity index (χ1v) is 6.80. The molecule has 0 aliphatic carbocycles. The molecule has 94 valence electrons. The fourth-order valence-corrected chi connectivity index (χ4v) is 2.06. The van der Waals surface area contributed by atoms with Crippen molar-refractivity contribution < 1.29 is 4.74 Å². The van der Waals surface area contributed by atoms with E-state index in [1.165, 1.54) is 0 Å². The van der Waals surface area contributed by atoms with Crippen LogP contribution in [0.3, 0.4) is 0 Å². The number of rotatable bonds is 3. The summed E-state index contributed by atoms with van der Waals surface area (Å²) in [5.74, 6) is 0.686. The summed E-state index contributed by atoms with van der Waals surface area (Å²) in [6, 6.07) is 7.18. The van der Waals surface area contributed by atoms with Gasteiger partial charge in [-0.25, -0.2) is 0 Å². The summed E-state index contributed by atoms with van der Waals surface area (Å²) in [6.07, 6.45) is 1.77. The van der Waals surface area contributed by atoms with E-state index in [0.717, 1.165) is 15.7 Å². The quantitative estimate of drug-likeness (QED) is 0.776. The monoisotopic (exact) mass is 345 g/mol. The van der Waals surface area contributed by atoms with E-state index in [-0.39, 0.29) is 0 Å². The van der Waals surface area contributed by atoms with Gasteiger partial charge in [0.2, 0.25) is 0 Å². The van der Waals surface area contributed by atoms with Gasteiger partial charge < -0.3 is 4.74 Å². The van der Waals surface area contributed by atoms with Gasteiger partial charge in [0.15, 0.2) is 0 Å². The highest BCUT2D eigenvalue weighted by Gasteiger charge is 2.04. The van der Waals surface area contributed by atoms with Crippen molar-refractivity contribution in [1.29, 1.82) is 0 Å². The number of aromatic nitrogens is 1. The van der Waals surface area contributed by atoms with E-state index < -0.39 is 0 Å². The molecule has 0 aliphatic heterocycles. The van der Waals surface area contributed by atoms with Crippen LogP contribution in [0.2, 0.25) is 10.0 Å². The molecular weight excluding hydrogens is 337 g/mol. The predicted octanol–water partition coefficient (Wildman–Crippen LogP) is 5.04. The van der Waals surface area contributed by atoms with Crippen LogP contribution in [-0.2, 0) is 6.61 Å². The molecule has 0 fully saturated rings. The van der Waals surface area contributed by atoms with E-state index in [9.17, 15) is 0 Å². The van der Waals surface area contributed by atoms with E-state index in [0.29, 0.717) is 22.4 Å². The number of pyridine rings is 1. The maximum absolute atomic E-state index is 5.92. The van der Waals surface area contributed by atoms with Crippen molar-refractivity contribution in [3.05, 3.63) is 56.2 Å². The van der Waals surface area contributed by atoms with Gasteiger partial charge in [-0.15, -0.1) is 0 Å². The van der Waals surface area contributed by atoms with Gasteiger partial charge >= 0.3 is 0 Å². The lowest BCUT2D eigenvalue weighted by atomic mass is 10.2. The average Bonchev–Trinajstić information content (AvgIpc) is 2.34. The van der Waals surface area contributed by atoms with Crippen LogP contribution >= 0.6 is 39.1 Å². The van der Waals surface area contributed by atoms with Gasteiger partial charge in [0.05, 0.1) is 10.0 Å². The molecule has 0 N–H and O–H groups in total. The number of nitrogens with zero attached hydrogens (tertiary/aromatic N) is 1. The van der Waals surface area contributed by atoms with Gasteiger partial charge in [0, 0.05) is 28.0 Å². The third-order valence-corrected chi connectivity index (χ3v) is 3.81. The summed E-state index contributed by atoms with van der Waals surface area (Å²) < 4.78 is 6.59. The highest BCUT2D eigenvalue weighted by molar-refractivity contribution is 9.10. The molecule has 0 atom stereocenters. The van der Waals surface area contributed by atoms with Gasteiger partial charge in [-0.3, -0.25) is 4.98 Å². The molecule has 0 bridgehead atoms. The Labute approximate surface area is 124 Å². The Hall–Kier alpha value is -0.770. The van der Waals surface area contributed by atoms with Crippen molar-refractivity contribution in [2.75, 3.05) is 0 Å². The van der Waals surface area contributed by atoms with E-state index >= 15 is 0 Å². The second kappa shape index (κ2) is 5.91. The van der Waals surface area contributed by atoms with E-state index in [2.05, 4.69) is 20.9 Å². The zero-order valence-electron chi connectivity index (χ0n) is 9.58. The topological polar surface area (TPSA) is 22.1 Å². The number of hydrogen-bond acceptors (Lipinski definition) is 2. The van der Waals surface area contributed by atoms with Crippen molar-refractivity contribution in [3.63, 3.8) is 0 Å². The Morgan fingerprint density at radius 1 is 1.22 bits per heavy atom. The number of halogens is 3. The lowest BCUT2D eigenvalue weighted by Crippen LogP contribution is -1.98. The molecule has 0 unspecified atom stereocenters. The van der Waals surface area contributed by atoms with Crippen molar-refractivity contribution in [2.45, 2.75) is 13.5 Å². The average molecular weight is 347 g/mol. The van der Waals surface area contributed by atoms with Crippen LogP contribution in [0.5, 0.6) is 5.75 Å². The van der Waals surface area contributed by atoms with Crippen LogP contribution in [-0.4, -0.2) is 4.98 Å². The van der Waals surface area contributed by atoms with Crippen LogP contribution in [0.15, 0.2) is 34.9 Å². The zero-order chi connectivity index (χ0) is 13.1. The summed E-state index contributed by atoms with van der Waals surface area (Å²) in [6.45, 7) is 2.39. The largest absolute Gasteiger partial charge is 0.489 e. The highest BCUT2D eigenvalue weighted by atomic mass is 79.9. The summed E-state index contributed by atoms with van der Waals surface area (Å²) in [5, 5.41) is 1.00. The SMILES string of the molecule is Cc1cc(COc2ccc(Cl)c(Cl)c2)c(Br)cn1. The number of benzene rings is 1. The van der Waals surface area contributed by atoms with Gasteiger partial charge in [-0.05, 0) is 41.1 Å². The summed E-state index contributed by atoms with van der Waals surface area (Å²) >= 11 is 15.2. The highest BCUT2D eigenvalue weighted by Crippen LogP contribution is 2.27. The van der Waals surface area contributed by atoms with Gasteiger partial charge in [0.1, 0.15) is 12.4 Å². The van der Waals surface area contributed by atoms with E-state index in [1.807, 2.05) is 13.0 Å². The first-order chi connectivity index (χ1) is 8.56. The van der Waals surface area contributed by atoms with Crippen LogP contribution in [0.1, 0.15) is 11.3 Å². The third-order valence-electron chi connectivity index (χ3n) is 2.36. The normalized spacial score (nSPS) is 10.4. The number of aryl methyl sites for hydroxylation is 1. The molecule has 2 aromatic rings. The summed E-state index contributed by atoms with van der Waals surface area (Å²) in [7, 11) is 0. The second-order valence-corrected chi connectivity index (χ2v) is 5.45. The summed E-state index contributed by atoms with van der Waals surface area (Å²) in [5.41, 5.74) is 1.99. The fraction of sp³-hybridized carbons (Fsp3) is 0.154. The standard InChI is InChI=1S/C13H10BrCl2NO/c1-8-4-9(11(14)6-17-8)7-18-10-2-3-12(15)13(16)5-10/h2-6H,7H2,1H3. The van der Waals surface area contributed by atoms with Crippen LogP contribution in [0, 0.1) is 6.92 Å². The van der Waals surface area contributed by atoms with Crippen LogP contribution in [0.4, 0.5) is 0 Å². The van der Waals surface area contributed by atoms with Crippen molar-refractivity contribution >= 4 is 39.1 Å². The Bertz CT molecular complexity index is 575. The van der Waals surface area contributed by atoms with Crippen LogP contribution in [0.25, 0.3) is 0 Å².